The molecule has 5 nitrogen and oxygen atoms in total. The molecule has 128 valence electrons. The Morgan fingerprint density at radius 2 is 1.75 bits per heavy atom. The summed E-state index contributed by atoms with van der Waals surface area (Å²) in [5, 5.41) is 4.33. The molecule has 1 aromatic carbocycles. The van der Waals surface area contributed by atoms with Gasteiger partial charge in [0, 0.05) is 18.6 Å². The molecule has 0 saturated carbocycles. The number of benzene rings is 1. The molecule has 6 heteroatoms. The van der Waals surface area contributed by atoms with Crippen molar-refractivity contribution < 1.29 is 4.79 Å². The van der Waals surface area contributed by atoms with E-state index in [-0.39, 0.29) is 29.4 Å². The van der Waals surface area contributed by atoms with E-state index >= 15 is 0 Å². The first kappa shape index (κ1) is 17.0. The summed E-state index contributed by atoms with van der Waals surface area (Å²) in [5.74, 6) is 1.20. The number of H-pyrrole nitrogens is 1. The summed E-state index contributed by atoms with van der Waals surface area (Å²) in [6.07, 6.45) is 2.05. The highest BCUT2D eigenvalue weighted by Gasteiger charge is 2.32. The molecule has 2 aliphatic heterocycles. The molecule has 0 spiro atoms. The first-order valence-electron chi connectivity index (χ1n) is 8.34. The fourth-order valence-corrected chi connectivity index (χ4v) is 3.90. The second kappa shape index (κ2) is 6.95. The number of aromatic nitrogens is 1. The molecular weight excluding hydrogens is 326 g/mol. The normalized spacial score (nSPS) is 23.4. The average molecular weight is 348 g/mol. The van der Waals surface area contributed by atoms with Crippen LogP contribution >= 0.6 is 12.4 Å². The van der Waals surface area contributed by atoms with Gasteiger partial charge >= 0.3 is 0 Å². The van der Waals surface area contributed by atoms with Gasteiger partial charge in [0.05, 0.1) is 0 Å². The lowest BCUT2D eigenvalue weighted by atomic mass is 9.92. The van der Waals surface area contributed by atoms with Crippen molar-refractivity contribution in [2.45, 2.75) is 12.8 Å². The van der Waals surface area contributed by atoms with Crippen molar-refractivity contribution in [1.82, 2.24) is 15.2 Å². The second-order valence-electron chi connectivity index (χ2n) is 6.65. The fraction of sp³-hybridized carbons (Fsp3) is 0.444. The van der Waals surface area contributed by atoms with Crippen LogP contribution in [0, 0.1) is 11.8 Å². The van der Waals surface area contributed by atoms with Gasteiger partial charge in [-0.3, -0.25) is 9.59 Å². The Morgan fingerprint density at radius 3 is 2.46 bits per heavy atom. The molecule has 0 aliphatic carbocycles. The van der Waals surface area contributed by atoms with Crippen LogP contribution in [0.4, 0.5) is 0 Å². The number of halogens is 1. The maximum Gasteiger partial charge on any atom is 0.261 e. The third-order valence-electron chi connectivity index (χ3n) is 5.29. The van der Waals surface area contributed by atoms with Gasteiger partial charge < -0.3 is 15.2 Å². The molecule has 1 amide bonds. The van der Waals surface area contributed by atoms with E-state index in [4.69, 9.17) is 0 Å². The molecule has 0 radical (unpaired) electrons. The molecule has 24 heavy (non-hydrogen) atoms. The van der Waals surface area contributed by atoms with Gasteiger partial charge in [0.15, 0.2) is 0 Å². The molecule has 0 bridgehead atoms. The number of para-hydroxylation sites is 1. The van der Waals surface area contributed by atoms with Crippen LogP contribution in [0.1, 0.15) is 23.2 Å². The van der Waals surface area contributed by atoms with Gasteiger partial charge in [-0.25, -0.2) is 0 Å². The Kier molecular flexibility index (Phi) is 4.92. The van der Waals surface area contributed by atoms with Crippen molar-refractivity contribution >= 4 is 29.2 Å². The van der Waals surface area contributed by atoms with E-state index in [1.54, 1.807) is 6.07 Å². The third kappa shape index (κ3) is 3.06. The van der Waals surface area contributed by atoms with Crippen LogP contribution in [0.15, 0.2) is 35.1 Å². The van der Waals surface area contributed by atoms with Gasteiger partial charge in [-0.15, -0.1) is 12.4 Å². The predicted molar refractivity (Wildman–Crippen MR) is 96.8 cm³/mol. The Hall–Kier alpha value is -1.85. The van der Waals surface area contributed by atoms with Crippen molar-refractivity contribution in [1.29, 1.82) is 0 Å². The van der Waals surface area contributed by atoms with E-state index in [1.807, 2.05) is 29.2 Å². The minimum atomic E-state index is -0.292. The molecular formula is C18H22ClN3O2. The maximum absolute atomic E-state index is 12.8. The lowest BCUT2D eigenvalue weighted by molar-refractivity contribution is 0.0757. The third-order valence-corrected chi connectivity index (χ3v) is 5.29. The van der Waals surface area contributed by atoms with Crippen molar-refractivity contribution in [3.05, 3.63) is 46.2 Å². The fourth-order valence-electron chi connectivity index (χ4n) is 3.90. The van der Waals surface area contributed by atoms with Gasteiger partial charge in [-0.05, 0) is 55.3 Å². The average Bonchev–Trinajstić information content (AvgIpc) is 2.92. The van der Waals surface area contributed by atoms with Gasteiger partial charge in [0.2, 0.25) is 0 Å². The standard InChI is InChI=1S/C18H21N3O2.ClH/c22-17-15(9-12-3-1-2-4-16(12)20-17)18(23)21-7-5-13-10-19-11-14(13)6-8-21;/h1-4,9,13-14,19H,5-8,10-11H2,(H,20,22);1H/t13-,14+;. The molecule has 4 rings (SSSR count). The van der Waals surface area contributed by atoms with Gasteiger partial charge in [-0.2, -0.15) is 0 Å². The summed E-state index contributed by atoms with van der Waals surface area (Å²) >= 11 is 0. The number of pyridine rings is 1. The summed E-state index contributed by atoms with van der Waals surface area (Å²) in [7, 11) is 0. The lowest BCUT2D eigenvalue weighted by Gasteiger charge is -2.20. The summed E-state index contributed by atoms with van der Waals surface area (Å²) in [5.41, 5.74) is 0.735. The summed E-state index contributed by atoms with van der Waals surface area (Å²) in [6, 6.07) is 9.28. The summed E-state index contributed by atoms with van der Waals surface area (Å²) < 4.78 is 0. The maximum atomic E-state index is 12.8. The molecule has 0 unspecified atom stereocenters. The van der Waals surface area contributed by atoms with Gasteiger partial charge in [0.25, 0.3) is 11.5 Å². The highest BCUT2D eigenvalue weighted by atomic mass is 35.5. The van der Waals surface area contributed by atoms with Crippen molar-refractivity contribution in [2.75, 3.05) is 26.2 Å². The van der Waals surface area contributed by atoms with Crippen LogP contribution in [-0.4, -0.2) is 42.0 Å². The Morgan fingerprint density at radius 1 is 1.08 bits per heavy atom. The number of nitrogens with one attached hydrogen (secondary N) is 2. The number of nitrogens with zero attached hydrogens (tertiary/aromatic N) is 1. The Balaban J connectivity index is 0.00000169. The molecule has 1 aromatic heterocycles. The highest BCUT2D eigenvalue weighted by Crippen LogP contribution is 2.27. The van der Waals surface area contributed by atoms with Crippen molar-refractivity contribution in [3.63, 3.8) is 0 Å². The largest absolute Gasteiger partial charge is 0.338 e. The molecule has 2 saturated heterocycles. The van der Waals surface area contributed by atoms with Gasteiger partial charge in [-0.1, -0.05) is 18.2 Å². The second-order valence-corrected chi connectivity index (χ2v) is 6.65. The number of rotatable bonds is 1. The number of likely N-dealkylation sites (tertiary alicyclic amines) is 1. The van der Waals surface area contributed by atoms with E-state index in [0.29, 0.717) is 11.8 Å². The van der Waals surface area contributed by atoms with Crippen molar-refractivity contribution in [3.8, 4) is 0 Å². The molecule has 3 heterocycles. The molecule has 2 N–H and O–H groups in total. The minimum absolute atomic E-state index is 0. The topological polar surface area (TPSA) is 65.2 Å². The number of carbonyl (C=O) groups excluding carboxylic acids is 1. The molecule has 2 atom stereocenters. The smallest absolute Gasteiger partial charge is 0.261 e. The minimum Gasteiger partial charge on any atom is -0.338 e. The van der Waals surface area contributed by atoms with Crippen LogP contribution in [0.25, 0.3) is 10.9 Å². The van der Waals surface area contributed by atoms with Crippen LogP contribution < -0.4 is 10.9 Å². The SMILES string of the molecule is Cl.O=C(c1cc2ccccc2[nH]c1=O)N1CC[C@@H]2CNC[C@@H]2CC1. The predicted octanol–water partition coefficient (Wildman–Crippen LogP) is 2.02. The lowest BCUT2D eigenvalue weighted by Crippen LogP contribution is -2.36. The quantitative estimate of drug-likeness (QED) is 0.829. The summed E-state index contributed by atoms with van der Waals surface area (Å²) in [4.78, 5) is 29.8. The van der Waals surface area contributed by atoms with E-state index in [1.165, 1.54) is 0 Å². The Bertz CT molecular complexity index is 790. The number of fused-ring (bicyclic) bond motifs is 2. The molecule has 2 aromatic rings. The number of hydrogen-bond acceptors (Lipinski definition) is 3. The van der Waals surface area contributed by atoms with Crippen LogP contribution in [0.5, 0.6) is 0 Å². The zero-order chi connectivity index (χ0) is 15.8. The zero-order valence-electron chi connectivity index (χ0n) is 13.5. The number of amides is 1. The van der Waals surface area contributed by atoms with Crippen LogP contribution in [-0.2, 0) is 0 Å². The number of aromatic amines is 1. The van der Waals surface area contributed by atoms with Crippen molar-refractivity contribution in [2.24, 2.45) is 11.8 Å². The first-order valence-corrected chi connectivity index (χ1v) is 8.34. The first-order chi connectivity index (χ1) is 11.2. The molecule has 2 aliphatic rings. The van der Waals surface area contributed by atoms with E-state index < -0.39 is 0 Å². The van der Waals surface area contributed by atoms with Gasteiger partial charge in [0.1, 0.15) is 5.56 Å². The monoisotopic (exact) mass is 347 g/mol. The molecule has 2 fully saturated rings. The summed E-state index contributed by atoms with van der Waals surface area (Å²) in [6.45, 7) is 3.61. The highest BCUT2D eigenvalue weighted by molar-refractivity contribution is 5.97. The Labute approximate surface area is 146 Å². The zero-order valence-corrected chi connectivity index (χ0v) is 14.3. The number of hydrogen-bond donors (Lipinski definition) is 2. The van der Waals surface area contributed by atoms with E-state index in [2.05, 4.69) is 10.3 Å². The van der Waals surface area contributed by atoms with Crippen LogP contribution in [0.2, 0.25) is 0 Å². The number of carbonyl (C=O) groups is 1. The van der Waals surface area contributed by atoms with E-state index in [0.717, 1.165) is 49.9 Å². The van der Waals surface area contributed by atoms with E-state index in [9.17, 15) is 9.59 Å². The van der Waals surface area contributed by atoms with Crippen LogP contribution in [0.3, 0.4) is 0 Å².